The molecular weight excluding hydrogens is 406 g/mol. The smallest absolute Gasteiger partial charge is 0.341 e. The van der Waals surface area contributed by atoms with Gasteiger partial charge in [0.1, 0.15) is 17.0 Å². The molecule has 2 heterocycles. The van der Waals surface area contributed by atoms with Gasteiger partial charge < -0.3 is 16.2 Å². The van der Waals surface area contributed by atoms with Crippen LogP contribution in [0.5, 0.6) is 0 Å². The molecule has 2 aromatic carbocycles. The largest absolute Gasteiger partial charge is 0.462 e. The molecule has 0 aliphatic rings. The highest BCUT2D eigenvalue weighted by Crippen LogP contribution is 2.35. The number of carbonyl (C=O) groups is 1. The maximum absolute atomic E-state index is 15.0. The fraction of sp³-hybridized carbons (Fsp3) is 0.143. The number of rotatable bonds is 5. The third-order valence-electron chi connectivity index (χ3n) is 4.67. The van der Waals surface area contributed by atoms with Gasteiger partial charge in [0.25, 0.3) is 0 Å². The number of esters is 1. The first-order valence-electron chi connectivity index (χ1n) is 9.37. The molecule has 2 aromatic heterocycles. The number of anilines is 2. The van der Waals surface area contributed by atoms with Crippen LogP contribution < -0.4 is 11.5 Å². The van der Waals surface area contributed by atoms with E-state index < -0.39 is 17.6 Å². The Morgan fingerprint density at radius 1 is 1.13 bits per heavy atom. The lowest BCUT2D eigenvalue weighted by atomic mass is 10.1. The van der Waals surface area contributed by atoms with Crippen molar-refractivity contribution in [2.75, 3.05) is 18.1 Å². The third kappa shape index (κ3) is 3.63. The van der Waals surface area contributed by atoms with Crippen molar-refractivity contribution in [1.29, 1.82) is 0 Å². The van der Waals surface area contributed by atoms with E-state index in [2.05, 4.69) is 15.1 Å². The normalized spacial score (nSPS) is 11.1. The Morgan fingerprint density at radius 3 is 2.52 bits per heavy atom. The van der Waals surface area contributed by atoms with Gasteiger partial charge in [-0.25, -0.2) is 23.5 Å². The molecule has 4 aromatic rings. The van der Waals surface area contributed by atoms with E-state index in [0.717, 1.165) is 0 Å². The highest BCUT2D eigenvalue weighted by molar-refractivity contribution is 6.02. The van der Waals surface area contributed by atoms with Crippen molar-refractivity contribution < 1.29 is 18.3 Å². The number of carbonyl (C=O) groups excluding carboxylic acids is 1. The summed E-state index contributed by atoms with van der Waals surface area (Å²) in [6, 6.07) is 7.38. The van der Waals surface area contributed by atoms with Gasteiger partial charge in [-0.1, -0.05) is 18.2 Å². The summed E-state index contributed by atoms with van der Waals surface area (Å²) in [6.07, 6.45) is 2.57. The van der Waals surface area contributed by atoms with Crippen LogP contribution in [0.4, 0.5) is 20.2 Å². The van der Waals surface area contributed by atoms with Gasteiger partial charge in [-0.3, -0.25) is 4.68 Å². The van der Waals surface area contributed by atoms with Crippen LogP contribution in [0.15, 0.2) is 42.7 Å². The molecule has 158 valence electrons. The Bertz CT molecular complexity index is 1290. The summed E-state index contributed by atoms with van der Waals surface area (Å²) >= 11 is 0. The molecule has 0 amide bonds. The van der Waals surface area contributed by atoms with Crippen molar-refractivity contribution in [3.8, 4) is 11.5 Å². The van der Waals surface area contributed by atoms with E-state index in [1.54, 1.807) is 25.1 Å². The van der Waals surface area contributed by atoms with E-state index in [1.807, 2.05) is 0 Å². The number of ether oxygens (including phenoxy) is 1. The first-order valence-corrected chi connectivity index (χ1v) is 9.37. The van der Waals surface area contributed by atoms with Crippen LogP contribution in [-0.4, -0.2) is 32.3 Å². The van der Waals surface area contributed by atoms with Crippen molar-refractivity contribution in [3.63, 3.8) is 0 Å². The Balaban J connectivity index is 1.87. The summed E-state index contributed by atoms with van der Waals surface area (Å²) in [6.45, 7) is 1.83. The SMILES string of the molecule is CCOC(=O)c1cnc(-c2nn(Cc3ccccc3F)c3c(F)c(N)cc(N)c23)nc1. The van der Waals surface area contributed by atoms with E-state index in [0.29, 0.717) is 5.56 Å². The minimum absolute atomic E-state index is 0.00817. The Labute approximate surface area is 175 Å². The second-order valence-electron chi connectivity index (χ2n) is 6.71. The lowest BCUT2D eigenvalue weighted by molar-refractivity contribution is 0.0525. The van der Waals surface area contributed by atoms with Gasteiger partial charge in [0.15, 0.2) is 11.6 Å². The van der Waals surface area contributed by atoms with Crippen molar-refractivity contribution in [2.24, 2.45) is 0 Å². The average Bonchev–Trinajstić information content (AvgIpc) is 3.14. The van der Waals surface area contributed by atoms with Crippen LogP contribution in [0.2, 0.25) is 0 Å². The second kappa shape index (κ2) is 7.98. The first kappa shape index (κ1) is 20.2. The molecule has 0 saturated carbocycles. The van der Waals surface area contributed by atoms with E-state index >= 15 is 0 Å². The number of nitrogen functional groups attached to an aromatic ring is 2. The number of fused-ring (bicyclic) bond motifs is 1. The second-order valence-corrected chi connectivity index (χ2v) is 6.71. The summed E-state index contributed by atoms with van der Waals surface area (Å²) in [7, 11) is 0. The maximum Gasteiger partial charge on any atom is 0.341 e. The van der Waals surface area contributed by atoms with Gasteiger partial charge in [-0.15, -0.1) is 0 Å². The number of aromatic nitrogens is 4. The number of halogens is 2. The molecule has 0 unspecified atom stereocenters. The molecular formula is C21H18F2N6O2. The lowest BCUT2D eigenvalue weighted by Crippen LogP contribution is -2.07. The minimum atomic E-state index is -0.734. The van der Waals surface area contributed by atoms with Crippen LogP contribution in [0, 0.1) is 11.6 Å². The predicted octanol–water partition coefficient (Wildman–Crippen LogP) is 3.16. The Hall–Kier alpha value is -4.08. The van der Waals surface area contributed by atoms with Gasteiger partial charge in [0.05, 0.1) is 29.8 Å². The summed E-state index contributed by atoms with van der Waals surface area (Å²) < 4.78 is 35.4. The monoisotopic (exact) mass is 424 g/mol. The van der Waals surface area contributed by atoms with Crippen LogP contribution in [0.3, 0.4) is 0 Å². The summed E-state index contributed by atoms with van der Waals surface area (Å²) in [4.78, 5) is 20.2. The first-order chi connectivity index (χ1) is 14.9. The van der Waals surface area contributed by atoms with Gasteiger partial charge >= 0.3 is 5.97 Å². The fourth-order valence-electron chi connectivity index (χ4n) is 3.23. The molecule has 4 rings (SSSR count). The number of hydrogen-bond acceptors (Lipinski definition) is 7. The van der Waals surface area contributed by atoms with E-state index in [1.165, 1.54) is 29.2 Å². The molecule has 0 fully saturated rings. The third-order valence-corrected chi connectivity index (χ3v) is 4.67. The van der Waals surface area contributed by atoms with E-state index in [-0.39, 0.29) is 52.5 Å². The maximum atomic E-state index is 15.0. The summed E-state index contributed by atoms with van der Waals surface area (Å²) in [5, 5.41) is 4.65. The number of nitrogens with two attached hydrogens (primary N) is 2. The summed E-state index contributed by atoms with van der Waals surface area (Å²) in [5.74, 6) is -1.65. The highest BCUT2D eigenvalue weighted by atomic mass is 19.1. The van der Waals surface area contributed by atoms with Crippen LogP contribution in [0.25, 0.3) is 22.4 Å². The van der Waals surface area contributed by atoms with E-state index in [4.69, 9.17) is 16.2 Å². The molecule has 10 heteroatoms. The summed E-state index contributed by atoms with van der Waals surface area (Å²) in [5.41, 5.74) is 12.5. The average molecular weight is 424 g/mol. The Morgan fingerprint density at radius 2 is 1.84 bits per heavy atom. The number of hydrogen-bond donors (Lipinski definition) is 2. The van der Waals surface area contributed by atoms with Gasteiger partial charge in [-0.05, 0) is 19.1 Å². The molecule has 0 saturated heterocycles. The van der Waals surface area contributed by atoms with Gasteiger partial charge in [-0.2, -0.15) is 5.10 Å². The molecule has 0 radical (unpaired) electrons. The standard InChI is InChI=1S/C21H18F2N6O2/c1-2-31-21(30)12-8-26-20(27-9-12)18-16-14(24)7-15(25)17(23)19(16)29(28-18)10-11-5-3-4-6-13(11)22/h3-9H,2,10,24-25H2,1H3. The molecule has 31 heavy (non-hydrogen) atoms. The van der Waals surface area contributed by atoms with Gasteiger partial charge in [0, 0.05) is 23.6 Å². The number of benzene rings is 2. The van der Waals surface area contributed by atoms with Crippen molar-refractivity contribution >= 4 is 28.2 Å². The zero-order chi connectivity index (χ0) is 22.1. The fourth-order valence-corrected chi connectivity index (χ4v) is 3.23. The van der Waals surface area contributed by atoms with Gasteiger partial charge in [0.2, 0.25) is 0 Å². The zero-order valence-electron chi connectivity index (χ0n) is 16.5. The molecule has 0 bridgehead atoms. The molecule has 0 spiro atoms. The lowest BCUT2D eigenvalue weighted by Gasteiger charge is -2.07. The van der Waals surface area contributed by atoms with Crippen LogP contribution in [-0.2, 0) is 11.3 Å². The molecule has 4 N–H and O–H groups in total. The van der Waals surface area contributed by atoms with Crippen molar-refractivity contribution in [1.82, 2.24) is 19.7 Å². The van der Waals surface area contributed by atoms with Crippen molar-refractivity contribution in [2.45, 2.75) is 13.5 Å². The Kier molecular flexibility index (Phi) is 5.20. The van der Waals surface area contributed by atoms with E-state index in [9.17, 15) is 13.6 Å². The van der Waals surface area contributed by atoms with Crippen molar-refractivity contribution in [3.05, 3.63) is 65.5 Å². The predicted molar refractivity (Wildman–Crippen MR) is 111 cm³/mol. The zero-order valence-corrected chi connectivity index (χ0v) is 16.5. The topological polar surface area (TPSA) is 122 Å². The van der Waals surface area contributed by atoms with Crippen LogP contribution >= 0.6 is 0 Å². The highest BCUT2D eigenvalue weighted by Gasteiger charge is 2.23. The quantitative estimate of drug-likeness (QED) is 0.373. The minimum Gasteiger partial charge on any atom is -0.462 e. The molecule has 0 atom stereocenters. The molecule has 0 aliphatic carbocycles. The number of nitrogens with zero attached hydrogens (tertiary/aromatic N) is 4. The molecule has 8 nitrogen and oxygen atoms in total. The van der Waals surface area contributed by atoms with Crippen LogP contribution in [0.1, 0.15) is 22.8 Å². The molecule has 0 aliphatic heterocycles.